The lowest BCUT2D eigenvalue weighted by molar-refractivity contribution is -0.144. The second-order valence-corrected chi connectivity index (χ2v) is 11.1. The summed E-state index contributed by atoms with van der Waals surface area (Å²) in [6.07, 6.45) is 1.99. The second kappa shape index (κ2) is 25.1. The minimum absolute atomic E-state index is 0.0515. The lowest BCUT2D eigenvalue weighted by Crippen LogP contribution is -2.58. The van der Waals surface area contributed by atoms with E-state index in [0.717, 1.165) is 0 Å². The van der Waals surface area contributed by atoms with Gasteiger partial charge in [-0.3, -0.25) is 92.0 Å². The number of hydrogen-bond donors (Lipinski definition) is 13. The number of carbonyl (C=O) groups excluding carboxylic acids is 9. The molecule has 0 rings (SSSR count). The fourth-order valence-corrected chi connectivity index (χ4v) is 4.38. The first-order valence-electron chi connectivity index (χ1n) is 15.7. The van der Waals surface area contributed by atoms with Gasteiger partial charge >= 0.3 is 0 Å². The molecule has 278 valence electrons. The van der Waals surface area contributed by atoms with Crippen molar-refractivity contribution in [2.45, 2.75) is 96.9 Å². The van der Waals surface area contributed by atoms with Gasteiger partial charge in [-0.05, 0) is 45.4 Å². The van der Waals surface area contributed by atoms with E-state index in [0.29, 0.717) is 32.1 Å². The Labute approximate surface area is 283 Å². The van der Waals surface area contributed by atoms with Crippen molar-refractivity contribution in [3.63, 3.8) is 0 Å². The van der Waals surface area contributed by atoms with E-state index in [4.69, 9.17) is 23.3 Å². The van der Waals surface area contributed by atoms with Gasteiger partial charge in [-0.25, -0.2) is 17.5 Å². The first-order valence-corrected chi connectivity index (χ1v) is 15.7. The first-order chi connectivity index (χ1) is 23.2. The monoisotopic (exact) mass is 701 g/mol. The average molecular weight is 702 g/mol. The molecule has 22 nitrogen and oxygen atoms in total. The molecule has 0 aliphatic carbocycles. The van der Waals surface area contributed by atoms with Crippen molar-refractivity contribution < 1.29 is 43.2 Å². The van der Waals surface area contributed by atoms with Crippen LogP contribution >= 0.6 is 0 Å². The number of hydrazine groups is 6. The minimum atomic E-state index is -1.55. The van der Waals surface area contributed by atoms with E-state index >= 15 is 0 Å². The molecule has 0 bridgehead atoms. The average Bonchev–Trinajstić information content (AvgIpc) is 3.08. The van der Waals surface area contributed by atoms with E-state index in [2.05, 4.69) is 32.6 Å². The summed E-state index contributed by atoms with van der Waals surface area (Å²) in [5, 5.41) is 0. The molecule has 49 heavy (non-hydrogen) atoms. The first kappa shape index (κ1) is 44.1. The molecule has 0 aromatic heterocycles. The van der Waals surface area contributed by atoms with Crippen molar-refractivity contribution in [2.24, 2.45) is 41.0 Å². The highest BCUT2D eigenvalue weighted by atomic mass is 16.2. The maximum Gasteiger partial charge on any atom is 0.243 e. The molecule has 0 radical (unpaired) electrons. The van der Waals surface area contributed by atoms with Gasteiger partial charge < -0.3 is 5.73 Å². The molecule has 0 saturated carbocycles. The van der Waals surface area contributed by atoms with Gasteiger partial charge in [0.1, 0.15) is 0 Å². The Kier molecular flexibility index (Phi) is 22.6. The Morgan fingerprint density at radius 3 is 0.959 bits per heavy atom. The van der Waals surface area contributed by atoms with Gasteiger partial charge in [-0.15, -0.1) is 0 Å². The Hall–Kier alpha value is -4.93. The SMILES string of the molecule is CC(N)C(C(=O)NNC(=O)CCCCC(=O)NN)C(C(=O)NNC(=O)CCCCC(=O)NN)C(C)C(=O)NNC(=O)CCCCC(=O)NN. The van der Waals surface area contributed by atoms with E-state index in [-0.39, 0.29) is 44.9 Å². The largest absolute Gasteiger partial charge is 0.327 e. The molecule has 0 aromatic rings. The van der Waals surface area contributed by atoms with E-state index in [1.54, 1.807) is 0 Å². The van der Waals surface area contributed by atoms with Gasteiger partial charge in [0.2, 0.25) is 53.2 Å². The van der Waals surface area contributed by atoms with E-state index < -0.39 is 77.0 Å². The van der Waals surface area contributed by atoms with Crippen molar-refractivity contribution in [1.82, 2.24) is 48.8 Å². The fourth-order valence-electron chi connectivity index (χ4n) is 4.38. The summed E-state index contributed by atoms with van der Waals surface area (Å²) in [7, 11) is 0. The molecule has 0 fully saturated rings. The minimum Gasteiger partial charge on any atom is -0.327 e. The molecule has 0 spiro atoms. The van der Waals surface area contributed by atoms with Gasteiger partial charge in [0.05, 0.1) is 11.8 Å². The van der Waals surface area contributed by atoms with Crippen LogP contribution in [0.2, 0.25) is 0 Å². The molecular formula is C27H51N13O9. The van der Waals surface area contributed by atoms with E-state index in [1.807, 2.05) is 16.3 Å². The van der Waals surface area contributed by atoms with Crippen LogP contribution in [0.5, 0.6) is 0 Å². The molecule has 9 amide bonds. The quantitative estimate of drug-likeness (QED) is 0.0232. The van der Waals surface area contributed by atoms with E-state index in [9.17, 15) is 43.2 Å². The molecular weight excluding hydrogens is 650 g/mol. The molecule has 17 N–H and O–H groups in total. The fraction of sp³-hybridized carbons (Fsp3) is 0.667. The summed E-state index contributed by atoms with van der Waals surface area (Å²) in [6, 6.07) is -1.08. The van der Waals surface area contributed by atoms with E-state index in [1.165, 1.54) is 13.8 Å². The summed E-state index contributed by atoms with van der Waals surface area (Å²) in [5.74, 6) is 4.83. The number of rotatable bonds is 21. The van der Waals surface area contributed by atoms with Gasteiger partial charge in [0, 0.05) is 50.5 Å². The topological polar surface area (TPSA) is 366 Å². The zero-order valence-corrected chi connectivity index (χ0v) is 27.8. The second-order valence-electron chi connectivity index (χ2n) is 11.1. The van der Waals surface area contributed by atoms with Crippen LogP contribution in [0.25, 0.3) is 0 Å². The van der Waals surface area contributed by atoms with Crippen LogP contribution in [0.4, 0.5) is 0 Å². The Bertz CT molecular complexity index is 1150. The highest BCUT2D eigenvalue weighted by Crippen LogP contribution is 2.25. The molecule has 0 aromatic carbocycles. The van der Waals surface area contributed by atoms with Crippen LogP contribution < -0.4 is 72.1 Å². The number of hydrogen-bond acceptors (Lipinski definition) is 13. The Morgan fingerprint density at radius 1 is 0.408 bits per heavy atom. The van der Waals surface area contributed by atoms with Crippen LogP contribution in [0.1, 0.15) is 90.9 Å². The molecule has 0 aliphatic rings. The molecule has 0 heterocycles. The van der Waals surface area contributed by atoms with Crippen molar-refractivity contribution >= 4 is 53.2 Å². The van der Waals surface area contributed by atoms with Crippen LogP contribution in [-0.2, 0) is 43.2 Å². The number of amides is 9. The van der Waals surface area contributed by atoms with Crippen LogP contribution in [0.3, 0.4) is 0 Å². The number of nitrogens with one attached hydrogen (secondary N) is 9. The molecule has 22 heteroatoms. The van der Waals surface area contributed by atoms with Crippen molar-refractivity contribution in [1.29, 1.82) is 0 Å². The predicted octanol–water partition coefficient (Wildman–Crippen LogP) is -4.70. The maximum atomic E-state index is 13.4. The smallest absolute Gasteiger partial charge is 0.243 e. The zero-order valence-electron chi connectivity index (χ0n) is 27.8. The summed E-state index contributed by atoms with van der Waals surface area (Å²) in [6.45, 7) is 2.68. The van der Waals surface area contributed by atoms with Gasteiger partial charge in [0.15, 0.2) is 0 Å². The van der Waals surface area contributed by atoms with Crippen LogP contribution in [0, 0.1) is 17.8 Å². The highest BCUT2D eigenvalue weighted by Gasteiger charge is 2.43. The van der Waals surface area contributed by atoms with Crippen LogP contribution in [-0.4, -0.2) is 59.2 Å². The van der Waals surface area contributed by atoms with Crippen molar-refractivity contribution in [2.75, 3.05) is 0 Å². The summed E-state index contributed by atoms with van der Waals surface area (Å²) >= 11 is 0. The summed E-state index contributed by atoms with van der Waals surface area (Å²) in [5.41, 5.74) is 25.2. The summed E-state index contributed by atoms with van der Waals surface area (Å²) in [4.78, 5) is 110. The standard InChI is InChI=1S/C27H51N13O9/c1-15(25(47)38-35-20(44)12-6-3-9-17(41)32-29)23(26(48)39-36-21(45)13-7-4-10-18(42)33-30)24(16(2)28)27(49)40-37-22(46)14-8-5-11-19(43)34-31/h15-16,23-24H,3-14,28-31H2,1-2H3,(H,32,41)(H,33,42)(H,34,43)(H,35,44)(H,36,45)(H,37,46)(H,38,47)(H,39,48)(H,40,49). The predicted molar refractivity (Wildman–Crippen MR) is 171 cm³/mol. The highest BCUT2D eigenvalue weighted by molar-refractivity contribution is 5.94. The third-order valence-electron chi connectivity index (χ3n) is 7.14. The molecule has 0 aliphatic heterocycles. The number of nitrogens with two attached hydrogens (primary N) is 4. The third-order valence-corrected chi connectivity index (χ3v) is 7.14. The molecule has 4 unspecified atom stereocenters. The van der Waals surface area contributed by atoms with Gasteiger partial charge in [0.25, 0.3) is 0 Å². The lowest BCUT2D eigenvalue weighted by Gasteiger charge is -2.31. The molecule has 0 saturated heterocycles. The summed E-state index contributed by atoms with van der Waals surface area (Å²) < 4.78 is 0. The van der Waals surface area contributed by atoms with Gasteiger partial charge in [-0.1, -0.05) is 6.92 Å². The number of unbranched alkanes of at least 4 members (excludes halogenated alkanes) is 3. The van der Waals surface area contributed by atoms with Gasteiger partial charge in [-0.2, -0.15) is 0 Å². The Morgan fingerprint density at radius 2 is 0.673 bits per heavy atom. The maximum absolute atomic E-state index is 13.4. The zero-order chi connectivity index (χ0) is 37.4. The van der Waals surface area contributed by atoms with Crippen molar-refractivity contribution in [3.05, 3.63) is 0 Å². The number of carbonyl (C=O) groups is 9. The van der Waals surface area contributed by atoms with Crippen molar-refractivity contribution in [3.8, 4) is 0 Å². The van der Waals surface area contributed by atoms with Crippen LogP contribution in [0.15, 0.2) is 0 Å². The Balaban J connectivity index is 5.59. The lowest BCUT2D eigenvalue weighted by atomic mass is 9.77. The third kappa shape index (κ3) is 19.5. The molecule has 4 atom stereocenters. The normalized spacial score (nSPS) is 12.9.